The van der Waals surface area contributed by atoms with Crippen LogP contribution in [0.5, 0.6) is 0 Å². The van der Waals surface area contributed by atoms with Gasteiger partial charge in [-0.05, 0) is 50.5 Å². The van der Waals surface area contributed by atoms with Gasteiger partial charge in [-0.1, -0.05) is 30.3 Å². The topological polar surface area (TPSA) is 75.2 Å². The quantitative estimate of drug-likeness (QED) is 0.614. The highest BCUT2D eigenvalue weighted by Gasteiger charge is 2.51. The molecule has 35 heavy (non-hydrogen) atoms. The number of amides is 2. The molecule has 1 fully saturated rings. The van der Waals surface area contributed by atoms with E-state index in [1.54, 1.807) is 4.90 Å². The van der Waals surface area contributed by atoms with Crippen LogP contribution in [0.2, 0.25) is 0 Å². The van der Waals surface area contributed by atoms with Gasteiger partial charge in [0.1, 0.15) is 11.6 Å². The highest BCUT2D eigenvalue weighted by molar-refractivity contribution is 5.99. The fraction of sp³-hybridized carbons (Fsp3) is 0.333. The Balaban J connectivity index is 1.51. The van der Waals surface area contributed by atoms with Gasteiger partial charge in [0.05, 0.1) is 34.5 Å². The lowest BCUT2D eigenvalue weighted by atomic mass is 9.77. The number of rotatable bonds is 4. The first-order chi connectivity index (χ1) is 16.5. The molecule has 1 atom stereocenters. The van der Waals surface area contributed by atoms with Gasteiger partial charge >= 0.3 is 0 Å². The molecule has 6 nitrogen and oxygen atoms in total. The molecule has 8 heteroatoms. The van der Waals surface area contributed by atoms with Gasteiger partial charge in [-0.25, -0.2) is 18.7 Å². The van der Waals surface area contributed by atoms with E-state index in [1.165, 1.54) is 6.07 Å². The van der Waals surface area contributed by atoms with Crippen LogP contribution in [0.4, 0.5) is 8.78 Å². The van der Waals surface area contributed by atoms with E-state index in [4.69, 9.17) is 0 Å². The Bertz CT molecular complexity index is 1350. The normalized spacial score (nSPS) is 20.8. The maximum atomic E-state index is 14.4. The summed E-state index contributed by atoms with van der Waals surface area (Å²) in [7, 11) is 1.83. The van der Waals surface area contributed by atoms with Crippen LogP contribution in [-0.4, -0.2) is 39.3 Å². The van der Waals surface area contributed by atoms with E-state index >= 15 is 0 Å². The molecular formula is C27H26F2N4O2. The second kappa shape index (κ2) is 7.93. The molecule has 1 aromatic heterocycles. The molecule has 2 aromatic carbocycles. The number of benzene rings is 2. The molecular weight excluding hydrogens is 450 g/mol. The Hall–Kier alpha value is -3.68. The van der Waals surface area contributed by atoms with Gasteiger partial charge in [-0.2, -0.15) is 0 Å². The van der Waals surface area contributed by atoms with Crippen LogP contribution in [-0.2, 0) is 23.2 Å². The fourth-order valence-electron chi connectivity index (χ4n) is 5.27. The second-order valence-corrected chi connectivity index (χ2v) is 10.2. The summed E-state index contributed by atoms with van der Waals surface area (Å²) >= 11 is 0. The summed E-state index contributed by atoms with van der Waals surface area (Å²) in [4.78, 5) is 36.0. The Morgan fingerprint density at radius 3 is 2.23 bits per heavy atom. The second-order valence-electron chi connectivity index (χ2n) is 10.2. The number of carbonyl (C=O) groups excluding carboxylic acids is 2. The van der Waals surface area contributed by atoms with E-state index in [-0.39, 0.29) is 41.7 Å². The minimum Gasteiger partial charge on any atom is -0.346 e. The number of hydrogen-bond donors (Lipinski definition) is 1. The van der Waals surface area contributed by atoms with Crippen molar-refractivity contribution in [1.29, 1.82) is 0 Å². The molecule has 1 unspecified atom stereocenters. The average molecular weight is 477 g/mol. The first-order valence-electron chi connectivity index (χ1n) is 11.5. The molecule has 3 aromatic rings. The van der Waals surface area contributed by atoms with Crippen molar-refractivity contribution >= 4 is 11.8 Å². The van der Waals surface area contributed by atoms with Gasteiger partial charge in [0.25, 0.3) is 5.91 Å². The number of likely N-dealkylation sites (N-methyl/N-ethyl adjacent to an activating group) is 1. The van der Waals surface area contributed by atoms with Crippen LogP contribution in [0.3, 0.4) is 0 Å². The number of likely N-dealkylation sites (tertiary alicyclic amines) is 1. The van der Waals surface area contributed by atoms with E-state index in [1.807, 2.05) is 38.2 Å². The third-order valence-electron chi connectivity index (χ3n) is 7.32. The van der Waals surface area contributed by atoms with Crippen molar-refractivity contribution in [2.24, 2.45) is 0 Å². The van der Waals surface area contributed by atoms with E-state index in [2.05, 4.69) is 29.1 Å². The predicted octanol–water partition coefficient (Wildman–Crippen LogP) is 4.15. The van der Waals surface area contributed by atoms with Crippen LogP contribution >= 0.6 is 0 Å². The SMILES string of the molecule is CN1C(=O)C(C)(c2ccc(Cc3nc(-c4c(F)cccc4F)nc4c3C(=O)NC4)cc2)CC1(C)C. The molecule has 2 aliphatic heterocycles. The largest absolute Gasteiger partial charge is 0.346 e. The number of hydrogen-bond acceptors (Lipinski definition) is 4. The highest BCUT2D eigenvalue weighted by atomic mass is 19.1. The fourth-order valence-corrected chi connectivity index (χ4v) is 5.27. The summed E-state index contributed by atoms with van der Waals surface area (Å²) in [5, 5.41) is 2.72. The van der Waals surface area contributed by atoms with Crippen LogP contribution in [0.1, 0.15) is 60.1 Å². The smallest absolute Gasteiger partial charge is 0.255 e. The maximum absolute atomic E-state index is 14.4. The van der Waals surface area contributed by atoms with Crippen molar-refractivity contribution in [3.05, 3.63) is 82.2 Å². The Kier molecular flexibility index (Phi) is 5.23. The minimum atomic E-state index is -0.764. The molecule has 1 saturated heterocycles. The Morgan fingerprint density at radius 1 is 0.971 bits per heavy atom. The Morgan fingerprint density at radius 2 is 1.63 bits per heavy atom. The van der Waals surface area contributed by atoms with E-state index in [0.717, 1.165) is 23.3 Å². The number of halogens is 2. The van der Waals surface area contributed by atoms with Crippen LogP contribution in [0, 0.1) is 11.6 Å². The van der Waals surface area contributed by atoms with Crippen LogP contribution in [0.25, 0.3) is 11.4 Å². The van der Waals surface area contributed by atoms with Gasteiger partial charge in [-0.3, -0.25) is 9.59 Å². The summed E-state index contributed by atoms with van der Waals surface area (Å²) in [6, 6.07) is 11.3. The summed E-state index contributed by atoms with van der Waals surface area (Å²) in [6.45, 7) is 6.25. The van der Waals surface area contributed by atoms with Crippen molar-refractivity contribution in [1.82, 2.24) is 20.2 Å². The third kappa shape index (κ3) is 3.68. The van der Waals surface area contributed by atoms with E-state index in [9.17, 15) is 18.4 Å². The van der Waals surface area contributed by atoms with Crippen molar-refractivity contribution in [3.8, 4) is 11.4 Å². The molecule has 5 rings (SSSR count). The zero-order chi connectivity index (χ0) is 25.1. The molecule has 2 aliphatic rings. The van der Waals surface area contributed by atoms with Gasteiger partial charge < -0.3 is 10.2 Å². The molecule has 0 bridgehead atoms. The standard InChI is InChI=1S/C27H26F2N4O2/c1-26(2)14-27(3,25(35)33(26)4)16-10-8-15(9-11-16)12-19-22-20(13-30-24(22)34)32-23(31-19)21-17(28)6-5-7-18(21)29/h5-11H,12-14H2,1-4H3,(H,30,34). The van der Waals surface area contributed by atoms with Gasteiger partial charge in [0.15, 0.2) is 5.82 Å². The molecule has 0 radical (unpaired) electrons. The monoisotopic (exact) mass is 476 g/mol. The highest BCUT2D eigenvalue weighted by Crippen LogP contribution is 2.43. The molecule has 3 heterocycles. The molecule has 0 aliphatic carbocycles. The minimum absolute atomic E-state index is 0.0806. The number of aromatic nitrogens is 2. The number of carbonyl (C=O) groups is 2. The van der Waals surface area contributed by atoms with Gasteiger partial charge in [-0.15, -0.1) is 0 Å². The molecule has 1 N–H and O–H groups in total. The van der Waals surface area contributed by atoms with E-state index in [0.29, 0.717) is 23.4 Å². The maximum Gasteiger partial charge on any atom is 0.255 e. The van der Waals surface area contributed by atoms with Crippen molar-refractivity contribution < 1.29 is 18.4 Å². The lowest BCUT2D eigenvalue weighted by molar-refractivity contribution is -0.132. The Labute approximate surface area is 202 Å². The predicted molar refractivity (Wildman–Crippen MR) is 127 cm³/mol. The molecule has 180 valence electrons. The van der Waals surface area contributed by atoms with Crippen LogP contribution < -0.4 is 5.32 Å². The summed E-state index contributed by atoms with van der Waals surface area (Å²) < 4.78 is 28.9. The summed E-state index contributed by atoms with van der Waals surface area (Å²) in [5.41, 5.74) is 1.77. The number of fused-ring (bicyclic) bond motifs is 1. The third-order valence-corrected chi connectivity index (χ3v) is 7.32. The zero-order valence-electron chi connectivity index (χ0n) is 20.1. The molecule has 0 saturated carbocycles. The summed E-state index contributed by atoms with van der Waals surface area (Å²) in [6.07, 6.45) is 0.976. The van der Waals surface area contributed by atoms with Crippen molar-refractivity contribution in [2.45, 2.75) is 51.1 Å². The molecule has 0 spiro atoms. The van der Waals surface area contributed by atoms with Gasteiger partial charge in [0, 0.05) is 19.0 Å². The average Bonchev–Trinajstić information content (AvgIpc) is 3.25. The number of nitrogens with zero attached hydrogens (tertiary/aromatic N) is 3. The zero-order valence-corrected chi connectivity index (χ0v) is 20.1. The van der Waals surface area contributed by atoms with Gasteiger partial charge in [0.2, 0.25) is 5.91 Å². The first-order valence-corrected chi connectivity index (χ1v) is 11.5. The van der Waals surface area contributed by atoms with E-state index < -0.39 is 17.0 Å². The number of nitrogens with one attached hydrogen (secondary N) is 1. The molecule has 2 amide bonds. The van der Waals surface area contributed by atoms with Crippen molar-refractivity contribution in [2.75, 3.05) is 7.05 Å². The summed E-state index contributed by atoms with van der Waals surface area (Å²) in [5.74, 6) is -1.84. The lowest BCUT2D eigenvalue weighted by Gasteiger charge is -2.26. The first kappa shape index (κ1) is 23.1. The van der Waals surface area contributed by atoms with Crippen LogP contribution in [0.15, 0.2) is 42.5 Å². The lowest BCUT2D eigenvalue weighted by Crippen LogP contribution is -2.38. The van der Waals surface area contributed by atoms with Crippen molar-refractivity contribution in [3.63, 3.8) is 0 Å².